The minimum absolute atomic E-state index is 0.118. The van der Waals surface area contributed by atoms with Crippen molar-refractivity contribution in [1.82, 2.24) is 0 Å². The van der Waals surface area contributed by atoms with Crippen molar-refractivity contribution in [1.29, 1.82) is 0 Å². The van der Waals surface area contributed by atoms with E-state index in [1.54, 1.807) is 0 Å². The molecule has 2 rings (SSSR count). The molecule has 16 heavy (non-hydrogen) atoms. The van der Waals surface area contributed by atoms with Crippen LogP contribution in [-0.2, 0) is 0 Å². The highest BCUT2D eigenvalue weighted by atomic mass is 19.1. The molecule has 0 spiro atoms. The lowest BCUT2D eigenvalue weighted by molar-refractivity contribution is -0.528. The van der Waals surface area contributed by atoms with Crippen LogP contribution in [0.25, 0.3) is 0 Å². The zero-order valence-corrected chi connectivity index (χ0v) is 9.61. The number of alkyl halides is 1. The van der Waals surface area contributed by atoms with Gasteiger partial charge in [-0.3, -0.25) is 10.1 Å². The number of hydrogen-bond donors (Lipinski definition) is 0. The summed E-state index contributed by atoms with van der Waals surface area (Å²) in [6.45, 7) is 0. The molecule has 0 aromatic rings. The first-order valence-electron chi connectivity index (χ1n) is 6.44. The molecule has 0 saturated heterocycles. The maximum Gasteiger partial charge on any atom is 0.213 e. The normalized spacial score (nSPS) is 40.6. The standard InChI is InChI=1S/C12H20FNO2/c13-11-6-4-9(5-7-11)10-2-1-3-12(8-10)14(15)16/h9-12H,1-8H2. The summed E-state index contributed by atoms with van der Waals surface area (Å²) in [5, 5.41) is 10.8. The summed E-state index contributed by atoms with van der Waals surface area (Å²) in [6.07, 6.45) is 6.17. The lowest BCUT2D eigenvalue weighted by atomic mass is 9.72. The summed E-state index contributed by atoms with van der Waals surface area (Å²) in [7, 11) is 0. The molecule has 2 saturated carbocycles. The summed E-state index contributed by atoms with van der Waals surface area (Å²) >= 11 is 0. The molecule has 0 amide bonds. The van der Waals surface area contributed by atoms with Crippen LogP contribution < -0.4 is 0 Å². The molecule has 2 aliphatic carbocycles. The third-order valence-corrected chi connectivity index (χ3v) is 4.35. The minimum Gasteiger partial charge on any atom is -0.264 e. The maximum absolute atomic E-state index is 13.0. The second kappa shape index (κ2) is 5.11. The molecule has 0 bridgehead atoms. The van der Waals surface area contributed by atoms with Crippen LogP contribution in [0.4, 0.5) is 4.39 Å². The first-order chi connectivity index (χ1) is 7.66. The van der Waals surface area contributed by atoms with E-state index in [2.05, 4.69) is 0 Å². The predicted octanol–water partition coefficient (Wildman–Crippen LogP) is 3.35. The van der Waals surface area contributed by atoms with Crippen LogP contribution in [0.5, 0.6) is 0 Å². The van der Waals surface area contributed by atoms with Crippen molar-refractivity contribution in [2.75, 3.05) is 0 Å². The van der Waals surface area contributed by atoms with E-state index in [9.17, 15) is 14.5 Å². The number of nitrogens with zero attached hydrogens (tertiary/aromatic N) is 1. The Hall–Kier alpha value is -0.670. The van der Waals surface area contributed by atoms with Crippen LogP contribution in [0.15, 0.2) is 0 Å². The van der Waals surface area contributed by atoms with Gasteiger partial charge in [-0.1, -0.05) is 0 Å². The molecule has 0 radical (unpaired) electrons. The Morgan fingerprint density at radius 3 is 2.31 bits per heavy atom. The van der Waals surface area contributed by atoms with Gasteiger partial charge in [-0.05, 0) is 50.4 Å². The van der Waals surface area contributed by atoms with Crippen LogP contribution in [-0.4, -0.2) is 17.1 Å². The Labute approximate surface area is 95.6 Å². The number of rotatable bonds is 2. The molecular weight excluding hydrogens is 209 g/mol. The molecular formula is C12H20FNO2. The molecule has 0 N–H and O–H groups in total. The van der Waals surface area contributed by atoms with Gasteiger partial charge < -0.3 is 0 Å². The highest BCUT2D eigenvalue weighted by molar-refractivity contribution is 4.82. The first-order valence-corrected chi connectivity index (χ1v) is 6.44. The monoisotopic (exact) mass is 229 g/mol. The Morgan fingerprint density at radius 2 is 1.69 bits per heavy atom. The molecule has 2 atom stereocenters. The van der Waals surface area contributed by atoms with Gasteiger partial charge in [-0.2, -0.15) is 0 Å². The molecule has 92 valence electrons. The van der Waals surface area contributed by atoms with Gasteiger partial charge in [0.2, 0.25) is 6.04 Å². The number of nitro groups is 1. The molecule has 0 aliphatic heterocycles. The average molecular weight is 229 g/mol. The van der Waals surface area contributed by atoms with Crippen molar-refractivity contribution >= 4 is 0 Å². The minimum atomic E-state index is -0.619. The average Bonchev–Trinajstić information content (AvgIpc) is 2.30. The van der Waals surface area contributed by atoms with Gasteiger partial charge in [0, 0.05) is 17.8 Å². The molecule has 0 aromatic carbocycles. The fraction of sp³-hybridized carbons (Fsp3) is 1.00. The second-order valence-corrected chi connectivity index (χ2v) is 5.38. The zero-order valence-electron chi connectivity index (χ0n) is 9.61. The highest BCUT2D eigenvalue weighted by Crippen LogP contribution is 2.39. The largest absolute Gasteiger partial charge is 0.264 e. The summed E-state index contributed by atoms with van der Waals surface area (Å²) in [4.78, 5) is 10.7. The summed E-state index contributed by atoms with van der Waals surface area (Å²) in [5.74, 6) is 1.03. The molecule has 2 aliphatic rings. The highest BCUT2D eigenvalue weighted by Gasteiger charge is 2.35. The van der Waals surface area contributed by atoms with E-state index < -0.39 is 6.17 Å². The molecule has 0 heterocycles. The van der Waals surface area contributed by atoms with E-state index >= 15 is 0 Å². The van der Waals surface area contributed by atoms with Crippen molar-refractivity contribution in [3.8, 4) is 0 Å². The van der Waals surface area contributed by atoms with Crippen molar-refractivity contribution in [2.45, 2.75) is 63.6 Å². The Bertz CT molecular complexity index is 251. The van der Waals surface area contributed by atoms with Crippen LogP contribution in [0, 0.1) is 22.0 Å². The number of hydrogen-bond acceptors (Lipinski definition) is 2. The van der Waals surface area contributed by atoms with E-state index in [1.165, 1.54) is 0 Å². The van der Waals surface area contributed by atoms with Gasteiger partial charge in [0.05, 0.1) is 0 Å². The zero-order chi connectivity index (χ0) is 11.5. The Balaban J connectivity index is 1.87. The van der Waals surface area contributed by atoms with E-state index in [-0.39, 0.29) is 11.0 Å². The summed E-state index contributed by atoms with van der Waals surface area (Å²) < 4.78 is 13.0. The van der Waals surface area contributed by atoms with Crippen LogP contribution in [0.2, 0.25) is 0 Å². The Kier molecular flexibility index (Phi) is 3.77. The third kappa shape index (κ3) is 2.71. The van der Waals surface area contributed by atoms with Crippen LogP contribution in [0.3, 0.4) is 0 Å². The lowest BCUT2D eigenvalue weighted by Gasteiger charge is -2.34. The third-order valence-electron chi connectivity index (χ3n) is 4.35. The SMILES string of the molecule is O=[N+]([O-])C1CCCC(C2CCC(F)CC2)C1. The van der Waals surface area contributed by atoms with Gasteiger partial charge in [0.1, 0.15) is 6.17 Å². The van der Waals surface area contributed by atoms with Crippen LogP contribution >= 0.6 is 0 Å². The van der Waals surface area contributed by atoms with Crippen molar-refractivity contribution in [3.63, 3.8) is 0 Å². The molecule has 3 nitrogen and oxygen atoms in total. The first kappa shape index (κ1) is 11.8. The second-order valence-electron chi connectivity index (χ2n) is 5.38. The van der Waals surface area contributed by atoms with Gasteiger partial charge in [-0.15, -0.1) is 0 Å². The topological polar surface area (TPSA) is 43.1 Å². The van der Waals surface area contributed by atoms with Gasteiger partial charge in [-0.25, -0.2) is 4.39 Å². The molecule has 0 aromatic heterocycles. The quantitative estimate of drug-likeness (QED) is 0.538. The molecule has 2 fully saturated rings. The summed E-state index contributed by atoms with van der Waals surface area (Å²) in [6, 6.07) is -0.332. The molecule has 4 heteroatoms. The van der Waals surface area contributed by atoms with E-state index in [0.717, 1.165) is 38.5 Å². The van der Waals surface area contributed by atoms with Gasteiger partial charge in [0.25, 0.3) is 0 Å². The predicted molar refractivity (Wildman–Crippen MR) is 59.6 cm³/mol. The Morgan fingerprint density at radius 1 is 1.00 bits per heavy atom. The fourth-order valence-corrected chi connectivity index (χ4v) is 3.37. The van der Waals surface area contributed by atoms with Crippen molar-refractivity contribution in [3.05, 3.63) is 10.1 Å². The van der Waals surface area contributed by atoms with Crippen molar-refractivity contribution in [2.24, 2.45) is 11.8 Å². The van der Waals surface area contributed by atoms with E-state index in [1.807, 2.05) is 0 Å². The van der Waals surface area contributed by atoms with E-state index in [0.29, 0.717) is 24.7 Å². The maximum atomic E-state index is 13.0. The summed E-state index contributed by atoms with van der Waals surface area (Å²) in [5.41, 5.74) is 0. The van der Waals surface area contributed by atoms with Gasteiger partial charge in [0.15, 0.2) is 0 Å². The molecule has 2 unspecified atom stereocenters. The fourth-order valence-electron chi connectivity index (χ4n) is 3.37. The number of halogens is 1. The van der Waals surface area contributed by atoms with Crippen LogP contribution in [0.1, 0.15) is 51.4 Å². The lowest BCUT2D eigenvalue weighted by Crippen LogP contribution is -2.32. The van der Waals surface area contributed by atoms with Gasteiger partial charge >= 0.3 is 0 Å². The smallest absolute Gasteiger partial charge is 0.213 e. The van der Waals surface area contributed by atoms with Crippen molar-refractivity contribution < 1.29 is 9.31 Å². The van der Waals surface area contributed by atoms with E-state index in [4.69, 9.17) is 0 Å².